The molecular weight excluding hydrogens is 256 g/mol. The van der Waals surface area contributed by atoms with Crippen LogP contribution in [0.4, 0.5) is 5.95 Å². The number of rotatable bonds is 3. The lowest BCUT2D eigenvalue weighted by Crippen LogP contribution is -2.54. The van der Waals surface area contributed by atoms with E-state index in [9.17, 15) is 4.79 Å². The third kappa shape index (κ3) is 2.60. The number of aliphatic carboxylic acids is 1. The van der Waals surface area contributed by atoms with Crippen LogP contribution in [0.25, 0.3) is 0 Å². The number of piperazine rings is 1. The van der Waals surface area contributed by atoms with Crippen molar-refractivity contribution >= 4 is 11.9 Å². The van der Waals surface area contributed by atoms with E-state index in [-0.39, 0.29) is 0 Å². The summed E-state index contributed by atoms with van der Waals surface area (Å²) in [6.07, 6.45) is 3.68. The molecule has 2 heterocycles. The fourth-order valence-electron chi connectivity index (χ4n) is 2.73. The lowest BCUT2D eigenvalue weighted by atomic mass is 9.83. The summed E-state index contributed by atoms with van der Waals surface area (Å²) in [6, 6.07) is 1.52. The lowest BCUT2D eigenvalue weighted by Gasteiger charge is -2.32. The molecule has 2 fully saturated rings. The SMILES string of the molecule is Cc1cc(C2CCC2)nc(N2CCN[C@H](C(=O)O)C2)n1. The molecule has 1 aromatic rings. The summed E-state index contributed by atoms with van der Waals surface area (Å²) in [4.78, 5) is 22.2. The van der Waals surface area contributed by atoms with Crippen molar-refractivity contribution < 1.29 is 9.90 Å². The van der Waals surface area contributed by atoms with Crippen LogP contribution in [0.2, 0.25) is 0 Å². The number of anilines is 1. The Morgan fingerprint density at radius 1 is 1.45 bits per heavy atom. The Morgan fingerprint density at radius 2 is 2.25 bits per heavy atom. The molecule has 0 aromatic carbocycles. The number of nitrogens with zero attached hydrogens (tertiary/aromatic N) is 3. The van der Waals surface area contributed by atoms with Crippen molar-refractivity contribution in [3.05, 3.63) is 17.5 Å². The molecule has 1 aliphatic carbocycles. The summed E-state index contributed by atoms with van der Waals surface area (Å²) in [5.41, 5.74) is 2.08. The van der Waals surface area contributed by atoms with E-state index >= 15 is 0 Å². The quantitative estimate of drug-likeness (QED) is 0.854. The summed E-state index contributed by atoms with van der Waals surface area (Å²) in [5, 5.41) is 12.1. The molecule has 0 spiro atoms. The number of aryl methyl sites for hydroxylation is 1. The Kier molecular flexibility index (Phi) is 3.56. The van der Waals surface area contributed by atoms with Crippen LogP contribution in [0.1, 0.15) is 36.6 Å². The van der Waals surface area contributed by atoms with Gasteiger partial charge in [-0.05, 0) is 25.8 Å². The Morgan fingerprint density at radius 3 is 2.90 bits per heavy atom. The van der Waals surface area contributed by atoms with Gasteiger partial charge in [0, 0.05) is 36.9 Å². The average Bonchev–Trinajstić information content (AvgIpc) is 2.36. The first-order chi connectivity index (χ1) is 9.63. The summed E-state index contributed by atoms with van der Waals surface area (Å²) in [5.74, 6) is 0.426. The maximum Gasteiger partial charge on any atom is 0.322 e. The Bertz CT molecular complexity index is 516. The van der Waals surface area contributed by atoms with Crippen LogP contribution in [0.3, 0.4) is 0 Å². The molecule has 3 rings (SSSR count). The van der Waals surface area contributed by atoms with E-state index in [0.29, 0.717) is 25.0 Å². The smallest absolute Gasteiger partial charge is 0.322 e. The van der Waals surface area contributed by atoms with Gasteiger partial charge in [0.2, 0.25) is 5.95 Å². The molecule has 0 unspecified atom stereocenters. The molecule has 6 nitrogen and oxygen atoms in total. The number of hydrogen-bond acceptors (Lipinski definition) is 5. The standard InChI is InChI=1S/C14H20N4O2/c1-9-7-11(10-3-2-4-10)17-14(16-9)18-6-5-15-12(8-18)13(19)20/h7,10,12,15H,2-6,8H2,1H3,(H,19,20)/t12-/m0/s1. The molecule has 20 heavy (non-hydrogen) atoms. The fraction of sp³-hybridized carbons (Fsp3) is 0.643. The van der Waals surface area contributed by atoms with Crippen LogP contribution in [-0.4, -0.2) is 46.7 Å². The number of hydrogen-bond donors (Lipinski definition) is 2. The fourth-order valence-corrected chi connectivity index (χ4v) is 2.73. The van der Waals surface area contributed by atoms with Crippen molar-refractivity contribution in [3.63, 3.8) is 0 Å². The normalized spacial score (nSPS) is 23.4. The van der Waals surface area contributed by atoms with Gasteiger partial charge in [-0.2, -0.15) is 0 Å². The van der Waals surface area contributed by atoms with Crippen LogP contribution in [-0.2, 0) is 4.79 Å². The Labute approximate surface area is 118 Å². The predicted molar refractivity (Wildman–Crippen MR) is 75.0 cm³/mol. The largest absolute Gasteiger partial charge is 0.480 e. The van der Waals surface area contributed by atoms with Crippen molar-refractivity contribution in [1.29, 1.82) is 0 Å². The number of carboxylic acids is 1. The van der Waals surface area contributed by atoms with Crippen LogP contribution in [0, 0.1) is 6.92 Å². The number of carboxylic acid groups (broad SMARTS) is 1. The molecule has 1 aromatic heterocycles. The number of carbonyl (C=O) groups is 1. The van der Waals surface area contributed by atoms with Crippen molar-refractivity contribution in [2.45, 2.75) is 38.1 Å². The van der Waals surface area contributed by atoms with Gasteiger partial charge in [-0.25, -0.2) is 9.97 Å². The molecule has 1 saturated heterocycles. The lowest BCUT2D eigenvalue weighted by molar-refractivity contribution is -0.139. The van der Waals surface area contributed by atoms with Gasteiger partial charge >= 0.3 is 5.97 Å². The Hall–Kier alpha value is -1.69. The van der Waals surface area contributed by atoms with Crippen molar-refractivity contribution in [3.8, 4) is 0 Å². The van der Waals surface area contributed by atoms with Gasteiger partial charge in [0.15, 0.2) is 0 Å². The molecule has 1 atom stereocenters. The third-order valence-electron chi connectivity index (χ3n) is 4.14. The minimum Gasteiger partial charge on any atom is -0.480 e. The summed E-state index contributed by atoms with van der Waals surface area (Å²) in [6.45, 7) is 3.79. The zero-order valence-electron chi connectivity index (χ0n) is 11.7. The molecule has 2 N–H and O–H groups in total. The summed E-state index contributed by atoms with van der Waals surface area (Å²) >= 11 is 0. The first-order valence-corrected chi connectivity index (χ1v) is 7.20. The average molecular weight is 276 g/mol. The van der Waals surface area contributed by atoms with Gasteiger partial charge < -0.3 is 15.3 Å². The molecule has 1 saturated carbocycles. The third-order valence-corrected chi connectivity index (χ3v) is 4.14. The van der Waals surface area contributed by atoms with Gasteiger partial charge in [-0.1, -0.05) is 6.42 Å². The minimum atomic E-state index is -0.818. The predicted octanol–water partition coefficient (Wildman–Crippen LogP) is 0.915. The second kappa shape index (κ2) is 5.36. The molecule has 6 heteroatoms. The van der Waals surface area contributed by atoms with Gasteiger partial charge in [-0.15, -0.1) is 0 Å². The monoisotopic (exact) mass is 276 g/mol. The van der Waals surface area contributed by atoms with E-state index < -0.39 is 12.0 Å². The second-order valence-electron chi connectivity index (χ2n) is 5.65. The molecule has 1 aliphatic heterocycles. The zero-order valence-corrected chi connectivity index (χ0v) is 11.7. The molecule has 0 bridgehead atoms. The first kappa shape index (κ1) is 13.3. The van der Waals surface area contributed by atoms with Crippen LogP contribution < -0.4 is 10.2 Å². The van der Waals surface area contributed by atoms with Gasteiger partial charge in [-0.3, -0.25) is 4.79 Å². The van der Waals surface area contributed by atoms with Crippen molar-refractivity contribution in [2.75, 3.05) is 24.5 Å². The maximum atomic E-state index is 11.1. The Balaban J connectivity index is 1.81. The molecule has 0 amide bonds. The van der Waals surface area contributed by atoms with Gasteiger partial charge in [0.05, 0.1) is 0 Å². The molecule has 2 aliphatic rings. The highest BCUT2D eigenvalue weighted by atomic mass is 16.4. The number of aromatic nitrogens is 2. The highest BCUT2D eigenvalue weighted by Crippen LogP contribution is 2.35. The summed E-state index contributed by atoms with van der Waals surface area (Å²) < 4.78 is 0. The minimum absolute atomic E-state index is 0.420. The highest BCUT2D eigenvalue weighted by molar-refractivity contribution is 5.74. The van der Waals surface area contributed by atoms with Crippen molar-refractivity contribution in [1.82, 2.24) is 15.3 Å². The van der Waals surface area contributed by atoms with E-state index in [2.05, 4.69) is 21.4 Å². The van der Waals surface area contributed by atoms with Gasteiger partial charge in [0.25, 0.3) is 0 Å². The topological polar surface area (TPSA) is 78.4 Å². The van der Waals surface area contributed by atoms with E-state index in [1.54, 1.807) is 0 Å². The maximum absolute atomic E-state index is 11.1. The molecule has 108 valence electrons. The number of nitrogens with one attached hydrogen (secondary N) is 1. The van der Waals surface area contributed by atoms with E-state index in [4.69, 9.17) is 5.11 Å². The highest BCUT2D eigenvalue weighted by Gasteiger charge is 2.28. The van der Waals surface area contributed by atoms with Crippen LogP contribution in [0.15, 0.2) is 6.07 Å². The van der Waals surface area contributed by atoms with Gasteiger partial charge in [0.1, 0.15) is 6.04 Å². The molecule has 0 radical (unpaired) electrons. The van der Waals surface area contributed by atoms with E-state index in [0.717, 1.165) is 17.9 Å². The molecular formula is C14H20N4O2. The van der Waals surface area contributed by atoms with E-state index in [1.807, 2.05) is 11.8 Å². The summed E-state index contributed by atoms with van der Waals surface area (Å²) in [7, 11) is 0. The van der Waals surface area contributed by atoms with Crippen LogP contribution >= 0.6 is 0 Å². The van der Waals surface area contributed by atoms with Crippen molar-refractivity contribution in [2.24, 2.45) is 0 Å². The zero-order chi connectivity index (χ0) is 14.1. The second-order valence-corrected chi connectivity index (χ2v) is 5.65. The first-order valence-electron chi connectivity index (χ1n) is 7.20. The van der Waals surface area contributed by atoms with E-state index in [1.165, 1.54) is 19.3 Å². The van der Waals surface area contributed by atoms with Crippen LogP contribution in [0.5, 0.6) is 0 Å².